The Morgan fingerprint density at radius 3 is 2.75 bits per heavy atom. The molecule has 0 bridgehead atoms. The highest BCUT2D eigenvalue weighted by atomic mass is 79.9. The van der Waals surface area contributed by atoms with Gasteiger partial charge in [-0.3, -0.25) is 0 Å². The zero-order valence-electron chi connectivity index (χ0n) is 10.1. The molecule has 16 heavy (non-hydrogen) atoms. The quantitative estimate of drug-likeness (QED) is 0.836. The molecular formula is C13H18BrNO. The molecule has 0 amide bonds. The molecule has 0 aliphatic carbocycles. The first kappa shape index (κ1) is 13.3. The molecule has 0 saturated carbocycles. The highest BCUT2D eigenvalue weighted by Crippen LogP contribution is 2.28. The van der Waals surface area contributed by atoms with Crippen LogP contribution in [0.4, 0.5) is 0 Å². The van der Waals surface area contributed by atoms with Crippen molar-refractivity contribution in [3.05, 3.63) is 39.9 Å². The van der Waals surface area contributed by atoms with E-state index in [0.717, 1.165) is 33.5 Å². The summed E-state index contributed by atoms with van der Waals surface area (Å²) in [6.45, 7) is 9.23. The van der Waals surface area contributed by atoms with E-state index in [1.165, 1.54) is 0 Å². The summed E-state index contributed by atoms with van der Waals surface area (Å²) in [5.41, 5.74) is 3.33. The average molecular weight is 284 g/mol. The standard InChI is InChI=1S/C13H18BrNO/c1-9(2)8-16-13-10(3)5-12(14)6-11(13)7-15-4/h5-6,15H,1,7-8H2,2-4H3. The molecule has 0 fully saturated rings. The van der Waals surface area contributed by atoms with E-state index in [0.29, 0.717) is 6.61 Å². The normalized spacial score (nSPS) is 10.2. The van der Waals surface area contributed by atoms with Crippen LogP contribution in [0.15, 0.2) is 28.8 Å². The topological polar surface area (TPSA) is 21.3 Å². The molecule has 3 heteroatoms. The van der Waals surface area contributed by atoms with Crippen molar-refractivity contribution in [3.8, 4) is 5.75 Å². The molecule has 88 valence electrons. The summed E-state index contributed by atoms with van der Waals surface area (Å²) in [6.07, 6.45) is 0. The predicted molar refractivity (Wildman–Crippen MR) is 72.0 cm³/mol. The summed E-state index contributed by atoms with van der Waals surface area (Å²) in [4.78, 5) is 0. The van der Waals surface area contributed by atoms with Gasteiger partial charge in [-0.05, 0) is 44.2 Å². The third-order valence-electron chi connectivity index (χ3n) is 2.15. The molecular weight excluding hydrogens is 266 g/mol. The first-order chi connectivity index (χ1) is 7.54. The predicted octanol–water partition coefficient (Wildman–Crippen LogP) is 3.43. The van der Waals surface area contributed by atoms with E-state index in [1.807, 2.05) is 14.0 Å². The maximum Gasteiger partial charge on any atom is 0.127 e. The summed E-state index contributed by atoms with van der Waals surface area (Å²) in [6, 6.07) is 4.14. The van der Waals surface area contributed by atoms with Gasteiger partial charge in [0.1, 0.15) is 12.4 Å². The highest BCUT2D eigenvalue weighted by molar-refractivity contribution is 9.10. The average Bonchev–Trinajstić information content (AvgIpc) is 2.16. The maximum absolute atomic E-state index is 5.78. The molecule has 0 saturated heterocycles. The minimum Gasteiger partial charge on any atom is -0.489 e. The Kier molecular flexibility index (Phi) is 5.03. The molecule has 0 radical (unpaired) electrons. The van der Waals surface area contributed by atoms with Crippen LogP contribution in [-0.4, -0.2) is 13.7 Å². The zero-order chi connectivity index (χ0) is 12.1. The summed E-state index contributed by atoms with van der Waals surface area (Å²) >= 11 is 3.50. The second kappa shape index (κ2) is 6.06. The first-order valence-electron chi connectivity index (χ1n) is 5.25. The number of ether oxygens (including phenoxy) is 1. The monoisotopic (exact) mass is 283 g/mol. The summed E-state index contributed by atoms with van der Waals surface area (Å²) < 4.78 is 6.86. The third kappa shape index (κ3) is 3.65. The highest BCUT2D eigenvalue weighted by Gasteiger charge is 2.08. The molecule has 1 rings (SSSR count). The molecule has 0 heterocycles. The van der Waals surface area contributed by atoms with Crippen LogP contribution >= 0.6 is 15.9 Å². The maximum atomic E-state index is 5.78. The fourth-order valence-corrected chi connectivity index (χ4v) is 2.14. The lowest BCUT2D eigenvalue weighted by molar-refractivity contribution is 0.345. The Morgan fingerprint density at radius 2 is 2.19 bits per heavy atom. The molecule has 1 aromatic carbocycles. The van der Waals surface area contributed by atoms with Gasteiger partial charge in [-0.1, -0.05) is 22.5 Å². The van der Waals surface area contributed by atoms with E-state index >= 15 is 0 Å². The number of nitrogens with one attached hydrogen (secondary N) is 1. The van der Waals surface area contributed by atoms with Crippen molar-refractivity contribution in [3.63, 3.8) is 0 Å². The summed E-state index contributed by atoms with van der Waals surface area (Å²) in [5.74, 6) is 0.959. The molecule has 0 aromatic heterocycles. The minimum atomic E-state index is 0.569. The summed E-state index contributed by atoms with van der Waals surface area (Å²) in [5, 5.41) is 3.14. The Morgan fingerprint density at radius 1 is 1.50 bits per heavy atom. The molecule has 0 atom stereocenters. The van der Waals surface area contributed by atoms with Crippen molar-refractivity contribution in [2.75, 3.05) is 13.7 Å². The minimum absolute atomic E-state index is 0.569. The zero-order valence-corrected chi connectivity index (χ0v) is 11.6. The van der Waals surface area contributed by atoms with Crippen LogP contribution in [0.5, 0.6) is 5.75 Å². The first-order valence-corrected chi connectivity index (χ1v) is 6.04. The van der Waals surface area contributed by atoms with Gasteiger partial charge in [-0.2, -0.15) is 0 Å². The van der Waals surface area contributed by atoms with E-state index in [4.69, 9.17) is 4.74 Å². The van der Waals surface area contributed by atoms with Gasteiger partial charge in [0.15, 0.2) is 0 Å². The van der Waals surface area contributed by atoms with E-state index in [9.17, 15) is 0 Å². The Hall–Kier alpha value is -0.800. The van der Waals surface area contributed by atoms with E-state index in [-0.39, 0.29) is 0 Å². The van der Waals surface area contributed by atoms with Crippen molar-refractivity contribution in [1.29, 1.82) is 0 Å². The SMILES string of the molecule is C=C(C)COc1c(C)cc(Br)cc1CNC. The van der Waals surface area contributed by atoms with Gasteiger partial charge < -0.3 is 10.1 Å². The van der Waals surface area contributed by atoms with Crippen LogP contribution < -0.4 is 10.1 Å². The Bertz CT molecular complexity index is 388. The lowest BCUT2D eigenvalue weighted by Crippen LogP contribution is -2.09. The van der Waals surface area contributed by atoms with Crippen LogP contribution in [0, 0.1) is 6.92 Å². The van der Waals surface area contributed by atoms with Crippen molar-refractivity contribution < 1.29 is 4.74 Å². The van der Waals surface area contributed by atoms with Crippen LogP contribution in [0.1, 0.15) is 18.1 Å². The second-order valence-corrected chi connectivity index (χ2v) is 4.90. The number of benzene rings is 1. The van der Waals surface area contributed by atoms with Crippen LogP contribution in [0.3, 0.4) is 0 Å². The van der Waals surface area contributed by atoms with Gasteiger partial charge in [-0.15, -0.1) is 0 Å². The fraction of sp³-hybridized carbons (Fsp3) is 0.385. The summed E-state index contributed by atoms with van der Waals surface area (Å²) in [7, 11) is 1.93. The van der Waals surface area contributed by atoms with Crippen molar-refractivity contribution in [1.82, 2.24) is 5.32 Å². The molecule has 0 aliphatic heterocycles. The molecule has 1 N–H and O–H groups in total. The fourth-order valence-electron chi connectivity index (χ4n) is 1.52. The number of aryl methyl sites for hydroxylation is 1. The third-order valence-corrected chi connectivity index (χ3v) is 2.60. The lowest BCUT2D eigenvalue weighted by atomic mass is 10.1. The Labute approximate surface area is 106 Å². The van der Waals surface area contributed by atoms with Crippen LogP contribution in [0.25, 0.3) is 0 Å². The molecule has 0 spiro atoms. The van der Waals surface area contributed by atoms with Crippen LogP contribution in [0.2, 0.25) is 0 Å². The molecule has 0 aliphatic rings. The number of hydrogen-bond donors (Lipinski definition) is 1. The molecule has 0 unspecified atom stereocenters. The van der Waals surface area contributed by atoms with Gasteiger partial charge in [0, 0.05) is 16.6 Å². The largest absolute Gasteiger partial charge is 0.489 e. The number of rotatable bonds is 5. The van der Waals surface area contributed by atoms with Gasteiger partial charge in [-0.25, -0.2) is 0 Å². The van der Waals surface area contributed by atoms with Crippen LogP contribution in [-0.2, 0) is 6.54 Å². The number of halogens is 1. The van der Waals surface area contributed by atoms with Gasteiger partial charge in [0.25, 0.3) is 0 Å². The second-order valence-electron chi connectivity index (χ2n) is 3.99. The van der Waals surface area contributed by atoms with Gasteiger partial charge in [0.2, 0.25) is 0 Å². The van der Waals surface area contributed by atoms with E-state index in [1.54, 1.807) is 0 Å². The van der Waals surface area contributed by atoms with E-state index in [2.05, 4.69) is 46.9 Å². The molecule has 2 nitrogen and oxygen atoms in total. The smallest absolute Gasteiger partial charge is 0.127 e. The van der Waals surface area contributed by atoms with Crippen molar-refractivity contribution in [2.45, 2.75) is 20.4 Å². The Balaban J connectivity index is 2.98. The van der Waals surface area contributed by atoms with Gasteiger partial charge in [0.05, 0.1) is 0 Å². The number of hydrogen-bond acceptors (Lipinski definition) is 2. The lowest BCUT2D eigenvalue weighted by Gasteiger charge is -2.14. The van der Waals surface area contributed by atoms with Gasteiger partial charge >= 0.3 is 0 Å². The van der Waals surface area contributed by atoms with Crippen molar-refractivity contribution in [2.24, 2.45) is 0 Å². The molecule has 1 aromatic rings. The van der Waals surface area contributed by atoms with Crippen molar-refractivity contribution >= 4 is 15.9 Å². The van der Waals surface area contributed by atoms with E-state index < -0.39 is 0 Å².